The highest BCUT2D eigenvalue weighted by molar-refractivity contribution is 4.99. The van der Waals surface area contributed by atoms with E-state index < -0.39 is 0 Å². The summed E-state index contributed by atoms with van der Waals surface area (Å²) in [6.07, 6.45) is 10.9. The Morgan fingerprint density at radius 3 is 2.84 bits per heavy atom. The van der Waals surface area contributed by atoms with Crippen LogP contribution in [-0.4, -0.2) is 48.8 Å². The van der Waals surface area contributed by atoms with Crippen LogP contribution in [0.3, 0.4) is 0 Å². The number of likely N-dealkylation sites (tertiary alicyclic amines) is 1. The summed E-state index contributed by atoms with van der Waals surface area (Å²) in [6, 6.07) is 1.63. The predicted octanol–water partition coefficient (Wildman–Crippen LogP) is 2.16. The van der Waals surface area contributed by atoms with Gasteiger partial charge in [-0.2, -0.15) is 0 Å². The molecule has 0 aromatic heterocycles. The van der Waals surface area contributed by atoms with Gasteiger partial charge in [-0.15, -0.1) is 0 Å². The van der Waals surface area contributed by atoms with Crippen LogP contribution < -0.4 is 5.32 Å². The van der Waals surface area contributed by atoms with E-state index in [2.05, 4.69) is 10.2 Å². The van der Waals surface area contributed by atoms with Crippen LogP contribution in [0.25, 0.3) is 0 Å². The molecule has 19 heavy (non-hydrogen) atoms. The van der Waals surface area contributed by atoms with Gasteiger partial charge >= 0.3 is 0 Å². The zero-order chi connectivity index (χ0) is 12.7. The summed E-state index contributed by atoms with van der Waals surface area (Å²) in [7, 11) is 0. The lowest BCUT2D eigenvalue weighted by Gasteiger charge is -2.48. The van der Waals surface area contributed by atoms with E-state index >= 15 is 0 Å². The third-order valence-corrected chi connectivity index (χ3v) is 6.17. The minimum absolute atomic E-state index is 0.280. The third-order valence-electron chi connectivity index (χ3n) is 6.17. The first-order valence-electron chi connectivity index (χ1n) is 8.47. The van der Waals surface area contributed by atoms with E-state index in [1.54, 1.807) is 0 Å². The van der Waals surface area contributed by atoms with Gasteiger partial charge in [0.15, 0.2) is 0 Å². The molecule has 0 aromatic rings. The molecular formula is C16H28N2O. The number of hydrogen-bond acceptors (Lipinski definition) is 3. The lowest BCUT2D eigenvalue weighted by molar-refractivity contribution is -0.111. The Labute approximate surface area is 117 Å². The summed E-state index contributed by atoms with van der Waals surface area (Å²) < 4.78 is 6.22. The van der Waals surface area contributed by atoms with Gasteiger partial charge < -0.3 is 10.1 Å². The van der Waals surface area contributed by atoms with E-state index in [9.17, 15) is 0 Å². The van der Waals surface area contributed by atoms with Crippen molar-refractivity contribution in [2.75, 3.05) is 26.2 Å². The van der Waals surface area contributed by atoms with Gasteiger partial charge in [0.1, 0.15) is 0 Å². The molecule has 3 saturated heterocycles. The van der Waals surface area contributed by atoms with Crippen molar-refractivity contribution >= 4 is 0 Å². The fraction of sp³-hybridized carbons (Fsp3) is 1.00. The van der Waals surface area contributed by atoms with Gasteiger partial charge in [-0.3, -0.25) is 4.90 Å². The molecule has 1 N–H and O–H groups in total. The van der Waals surface area contributed by atoms with Crippen molar-refractivity contribution in [1.29, 1.82) is 0 Å². The highest BCUT2D eigenvalue weighted by Gasteiger charge is 2.45. The molecule has 4 rings (SSSR count). The van der Waals surface area contributed by atoms with Gasteiger partial charge in [0.2, 0.25) is 0 Å². The second-order valence-corrected chi connectivity index (χ2v) is 7.25. The molecule has 3 heterocycles. The second-order valence-electron chi connectivity index (χ2n) is 7.25. The Morgan fingerprint density at radius 1 is 1.05 bits per heavy atom. The number of nitrogens with zero attached hydrogens (tertiary/aromatic N) is 1. The van der Waals surface area contributed by atoms with Crippen molar-refractivity contribution in [2.24, 2.45) is 5.92 Å². The molecule has 4 fully saturated rings. The standard InChI is InChI=1S/C16H28N2O/c1-2-7-16(6-1)10-14(5-9-19-16)18-8-3-4-13-11-17-12-15(13)18/h13-15,17H,1-12H2. The number of ether oxygens (including phenoxy) is 1. The van der Waals surface area contributed by atoms with Crippen LogP contribution in [0.2, 0.25) is 0 Å². The maximum atomic E-state index is 6.22. The third kappa shape index (κ3) is 2.24. The van der Waals surface area contributed by atoms with E-state index in [0.717, 1.165) is 24.6 Å². The van der Waals surface area contributed by atoms with Gasteiger partial charge in [0, 0.05) is 25.2 Å². The molecule has 1 spiro atoms. The zero-order valence-corrected chi connectivity index (χ0v) is 12.1. The molecule has 0 bridgehead atoms. The molecule has 3 unspecified atom stereocenters. The van der Waals surface area contributed by atoms with Crippen molar-refractivity contribution in [3.8, 4) is 0 Å². The van der Waals surface area contributed by atoms with Crippen LogP contribution in [0.15, 0.2) is 0 Å². The molecule has 3 aliphatic heterocycles. The molecule has 108 valence electrons. The molecular weight excluding hydrogens is 236 g/mol. The Kier molecular flexibility index (Phi) is 3.33. The summed E-state index contributed by atoms with van der Waals surface area (Å²) in [5, 5.41) is 3.62. The molecule has 1 saturated carbocycles. The average molecular weight is 264 g/mol. The fourth-order valence-corrected chi connectivity index (χ4v) is 5.21. The highest BCUT2D eigenvalue weighted by atomic mass is 16.5. The molecule has 0 amide bonds. The maximum Gasteiger partial charge on any atom is 0.0697 e. The van der Waals surface area contributed by atoms with Gasteiger partial charge in [-0.05, 0) is 57.5 Å². The Balaban J connectivity index is 1.48. The first kappa shape index (κ1) is 12.6. The monoisotopic (exact) mass is 264 g/mol. The molecule has 3 heteroatoms. The van der Waals surface area contributed by atoms with E-state index in [1.807, 2.05) is 0 Å². The first-order valence-corrected chi connectivity index (χ1v) is 8.47. The normalized spacial score (nSPS) is 42.6. The Morgan fingerprint density at radius 2 is 1.95 bits per heavy atom. The van der Waals surface area contributed by atoms with Crippen LogP contribution in [-0.2, 0) is 4.74 Å². The predicted molar refractivity (Wildman–Crippen MR) is 76.3 cm³/mol. The minimum Gasteiger partial charge on any atom is -0.375 e. The summed E-state index contributed by atoms with van der Waals surface area (Å²) in [5.74, 6) is 0.927. The van der Waals surface area contributed by atoms with E-state index in [-0.39, 0.29) is 5.60 Å². The van der Waals surface area contributed by atoms with Crippen molar-refractivity contribution < 1.29 is 4.74 Å². The fourth-order valence-electron chi connectivity index (χ4n) is 5.21. The quantitative estimate of drug-likeness (QED) is 0.785. The van der Waals surface area contributed by atoms with Crippen molar-refractivity contribution in [3.05, 3.63) is 0 Å². The Hall–Kier alpha value is -0.120. The summed E-state index contributed by atoms with van der Waals surface area (Å²) in [4.78, 5) is 2.87. The smallest absolute Gasteiger partial charge is 0.0697 e. The van der Waals surface area contributed by atoms with Gasteiger partial charge in [-0.25, -0.2) is 0 Å². The largest absolute Gasteiger partial charge is 0.375 e. The number of fused-ring (bicyclic) bond motifs is 1. The minimum atomic E-state index is 0.280. The lowest BCUT2D eigenvalue weighted by Crippen LogP contribution is -2.55. The topological polar surface area (TPSA) is 24.5 Å². The van der Waals surface area contributed by atoms with Gasteiger partial charge in [0.05, 0.1) is 5.60 Å². The number of nitrogens with one attached hydrogen (secondary N) is 1. The van der Waals surface area contributed by atoms with Crippen LogP contribution in [0.4, 0.5) is 0 Å². The van der Waals surface area contributed by atoms with Crippen molar-refractivity contribution in [2.45, 2.75) is 69.1 Å². The number of piperidine rings is 1. The summed E-state index contributed by atoms with van der Waals surface area (Å²) in [5.41, 5.74) is 0.280. The van der Waals surface area contributed by atoms with Crippen LogP contribution >= 0.6 is 0 Å². The molecule has 4 aliphatic rings. The summed E-state index contributed by atoms with van der Waals surface area (Å²) >= 11 is 0. The molecule has 3 atom stereocenters. The summed E-state index contributed by atoms with van der Waals surface area (Å²) in [6.45, 7) is 4.83. The maximum absolute atomic E-state index is 6.22. The van der Waals surface area contributed by atoms with Crippen LogP contribution in [0.1, 0.15) is 51.4 Å². The molecule has 1 aliphatic carbocycles. The zero-order valence-electron chi connectivity index (χ0n) is 12.1. The van der Waals surface area contributed by atoms with Crippen LogP contribution in [0.5, 0.6) is 0 Å². The SMILES string of the molecule is C1CC2CNCC2N(C2CCOC3(CCCC3)C2)C1. The number of rotatable bonds is 1. The molecule has 0 radical (unpaired) electrons. The van der Waals surface area contributed by atoms with Crippen molar-refractivity contribution in [1.82, 2.24) is 10.2 Å². The Bertz CT molecular complexity index is 327. The number of hydrogen-bond donors (Lipinski definition) is 1. The lowest BCUT2D eigenvalue weighted by atomic mass is 9.84. The van der Waals surface area contributed by atoms with Crippen LogP contribution in [0, 0.1) is 5.92 Å². The van der Waals surface area contributed by atoms with Crippen molar-refractivity contribution in [3.63, 3.8) is 0 Å². The highest BCUT2D eigenvalue weighted by Crippen LogP contribution is 2.42. The van der Waals surface area contributed by atoms with Gasteiger partial charge in [0.25, 0.3) is 0 Å². The first-order chi connectivity index (χ1) is 9.36. The average Bonchev–Trinajstić information content (AvgIpc) is 3.07. The van der Waals surface area contributed by atoms with E-state index in [0.29, 0.717) is 0 Å². The molecule has 3 nitrogen and oxygen atoms in total. The molecule has 0 aromatic carbocycles. The van der Waals surface area contributed by atoms with E-state index in [4.69, 9.17) is 4.74 Å². The van der Waals surface area contributed by atoms with E-state index in [1.165, 1.54) is 71.0 Å². The van der Waals surface area contributed by atoms with Gasteiger partial charge in [-0.1, -0.05) is 12.8 Å². The second kappa shape index (κ2) is 5.01.